The zero-order valence-corrected chi connectivity index (χ0v) is 16.7. The molecule has 0 spiro atoms. The van der Waals surface area contributed by atoms with Gasteiger partial charge in [-0.1, -0.05) is 59.6 Å². The molecule has 0 fully saturated rings. The second-order valence-corrected chi connectivity index (χ2v) is 7.86. The molecule has 0 N–H and O–H groups in total. The maximum Gasteiger partial charge on any atom is 0.205 e. The van der Waals surface area contributed by atoms with Gasteiger partial charge in [0.2, 0.25) is 10.9 Å². The van der Waals surface area contributed by atoms with Gasteiger partial charge >= 0.3 is 0 Å². The number of hydrogen-bond acceptors (Lipinski definition) is 4. The van der Waals surface area contributed by atoms with Crippen molar-refractivity contribution in [1.82, 2.24) is 0 Å². The van der Waals surface area contributed by atoms with Crippen LogP contribution in [0.4, 0.5) is 0 Å². The molecule has 6 heteroatoms. The van der Waals surface area contributed by atoms with E-state index in [0.717, 1.165) is 0 Å². The van der Waals surface area contributed by atoms with Gasteiger partial charge in [0.15, 0.2) is 5.58 Å². The molecule has 0 unspecified atom stereocenters. The lowest BCUT2D eigenvalue weighted by atomic mass is 9.99. The van der Waals surface area contributed by atoms with E-state index in [1.807, 2.05) is 18.2 Å². The number of rotatable bonds is 0. The van der Waals surface area contributed by atoms with E-state index < -0.39 is 0 Å². The lowest BCUT2D eigenvalue weighted by molar-refractivity contribution is 0.652. The first-order chi connectivity index (χ1) is 14.6. The molecule has 0 atom stereocenters. The van der Waals surface area contributed by atoms with Crippen molar-refractivity contribution in [2.75, 3.05) is 0 Å². The van der Waals surface area contributed by atoms with E-state index in [9.17, 15) is 9.59 Å². The molecule has 0 saturated carbocycles. The molecule has 0 aliphatic carbocycles. The zero-order chi connectivity index (χ0) is 20.6. The Morgan fingerprint density at radius 2 is 1.07 bits per heavy atom. The fraction of sp³-hybridized carbons (Fsp3) is 0. The maximum absolute atomic E-state index is 13.5. The van der Waals surface area contributed by atoms with Crippen LogP contribution in [-0.2, 0) is 0 Å². The number of fused-ring (bicyclic) bond motifs is 8. The summed E-state index contributed by atoms with van der Waals surface area (Å²) in [6, 6.07) is 17.3. The summed E-state index contributed by atoms with van der Waals surface area (Å²) in [6.45, 7) is 0. The summed E-state index contributed by atoms with van der Waals surface area (Å²) in [4.78, 5) is 27.1. The largest absolute Gasteiger partial charge is 0.455 e. The van der Waals surface area contributed by atoms with Crippen LogP contribution in [0.15, 0.2) is 79.1 Å². The van der Waals surface area contributed by atoms with E-state index >= 15 is 0 Å². The van der Waals surface area contributed by atoms with E-state index in [1.165, 1.54) is 0 Å². The minimum atomic E-state index is -0.350. The van der Waals surface area contributed by atoms with Crippen molar-refractivity contribution in [3.63, 3.8) is 0 Å². The highest BCUT2D eigenvalue weighted by atomic mass is 35.5. The fourth-order valence-corrected chi connectivity index (χ4v) is 4.62. The van der Waals surface area contributed by atoms with Crippen LogP contribution in [0.1, 0.15) is 0 Å². The van der Waals surface area contributed by atoms with Gasteiger partial charge in [0.25, 0.3) is 0 Å². The van der Waals surface area contributed by atoms with Crippen molar-refractivity contribution in [3.8, 4) is 0 Å². The number of halogens is 2. The molecule has 0 aliphatic rings. The molecule has 6 aromatic rings. The van der Waals surface area contributed by atoms with Gasteiger partial charge in [0.1, 0.15) is 22.1 Å². The van der Waals surface area contributed by atoms with Crippen LogP contribution in [0.25, 0.3) is 54.6 Å². The Morgan fingerprint density at radius 3 is 1.70 bits per heavy atom. The van der Waals surface area contributed by atoms with Gasteiger partial charge in [0, 0.05) is 10.8 Å². The van der Waals surface area contributed by atoms with Crippen molar-refractivity contribution in [1.29, 1.82) is 0 Å². The summed E-state index contributed by atoms with van der Waals surface area (Å²) >= 11 is 12.6. The third kappa shape index (κ3) is 2.18. The highest BCUT2D eigenvalue weighted by Gasteiger charge is 2.22. The summed E-state index contributed by atoms with van der Waals surface area (Å²) in [5.74, 6) is 0. The molecule has 144 valence electrons. The Balaban J connectivity index is 2.07. The summed E-state index contributed by atoms with van der Waals surface area (Å²) < 4.78 is 12.2. The first-order valence-corrected chi connectivity index (χ1v) is 9.92. The van der Waals surface area contributed by atoms with E-state index in [4.69, 9.17) is 32.0 Å². The molecule has 0 aliphatic heterocycles. The van der Waals surface area contributed by atoms with Gasteiger partial charge in [-0.3, -0.25) is 9.59 Å². The first-order valence-electron chi connectivity index (χ1n) is 9.17. The van der Waals surface area contributed by atoms with Crippen LogP contribution >= 0.6 is 23.2 Å². The predicted molar refractivity (Wildman–Crippen MR) is 121 cm³/mol. The van der Waals surface area contributed by atoms with Gasteiger partial charge in [0.05, 0.1) is 26.2 Å². The number of benzene rings is 4. The molecule has 6 rings (SSSR count). The maximum atomic E-state index is 13.5. The zero-order valence-electron chi connectivity index (χ0n) is 15.2. The SMILES string of the molecule is O=c1c2c(Cl)cccc2oc2c1c1ccccc1c1oc3cccc(Cl)c3c(=O)c12. The van der Waals surface area contributed by atoms with Gasteiger partial charge < -0.3 is 8.83 Å². The van der Waals surface area contributed by atoms with E-state index in [-0.39, 0.29) is 43.0 Å². The molecule has 0 amide bonds. The molecule has 0 radical (unpaired) electrons. The molecule has 0 saturated heterocycles. The van der Waals surface area contributed by atoms with Gasteiger partial charge in [-0.15, -0.1) is 0 Å². The second-order valence-electron chi connectivity index (χ2n) is 7.04. The van der Waals surface area contributed by atoms with Crippen LogP contribution in [0.3, 0.4) is 0 Å². The Labute approximate surface area is 177 Å². The Kier molecular flexibility index (Phi) is 3.55. The molecule has 4 nitrogen and oxygen atoms in total. The van der Waals surface area contributed by atoms with E-state index in [0.29, 0.717) is 32.5 Å². The lowest BCUT2D eigenvalue weighted by Crippen LogP contribution is -2.08. The Hall–Kier alpha value is -3.34. The van der Waals surface area contributed by atoms with Crippen LogP contribution in [0.5, 0.6) is 0 Å². The third-order valence-corrected chi connectivity index (χ3v) is 6.04. The lowest BCUT2D eigenvalue weighted by Gasteiger charge is -2.11. The van der Waals surface area contributed by atoms with Crippen LogP contribution in [-0.4, -0.2) is 0 Å². The third-order valence-electron chi connectivity index (χ3n) is 5.41. The summed E-state index contributed by atoms with van der Waals surface area (Å²) in [5.41, 5.74) is 0.540. The average molecular weight is 433 g/mol. The van der Waals surface area contributed by atoms with Crippen molar-refractivity contribution in [2.45, 2.75) is 0 Å². The Bertz CT molecular complexity index is 1810. The van der Waals surface area contributed by atoms with Crippen LogP contribution < -0.4 is 10.9 Å². The highest BCUT2D eigenvalue weighted by Crippen LogP contribution is 2.36. The molecule has 30 heavy (non-hydrogen) atoms. The number of hydrogen-bond donors (Lipinski definition) is 0. The summed E-state index contributed by atoms with van der Waals surface area (Å²) in [7, 11) is 0. The second kappa shape index (κ2) is 6.08. The Morgan fingerprint density at radius 1 is 0.533 bits per heavy atom. The topological polar surface area (TPSA) is 60.4 Å². The standard InChI is InChI=1S/C24H10Cl2O4/c25-13-7-4-10-16-18(13)21(27)17-11-5-1-2-6-12(11)23-20(24(17)30-16)22(28)19-14(26)8-3-9-15(19)29-23/h1-10H. The van der Waals surface area contributed by atoms with Crippen molar-refractivity contribution < 1.29 is 8.83 Å². The predicted octanol–water partition coefficient (Wildman–Crippen LogP) is 6.67. The minimum Gasteiger partial charge on any atom is -0.455 e. The van der Waals surface area contributed by atoms with Crippen molar-refractivity contribution in [3.05, 3.63) is 91.2 Å². The van der Waals surface area contributed by atoms with E-state index in [2.05, 4.69) is 0 Å². The highest BCUT2D eigenvalue weighted by molar-refractivity contribution is 6.37. The fourth-order valence-electron chi connectivity index (χ4n) is 4.11. The average Bonchev–Trinajstić information content (AvgIpc) is 2.73. The smallest absolute Gasteiger partial charge is 0.205 e. The van der Waals surface area contributed by atoms with Crippen LogP contribution in [0.2, 0.25) is 10.0 Å². The molecule has 2 heterocycles. The first kappa shape index (κ1) is 17.5. The molecule has 0 bridgehead atoms. The molecule has 4 aromatic carbocycles. The van der Waals surface area contributed by atoms with Gasteiger partial charge in [-0.05, 0) is 24.3 Å². The monoisotopic (exact) mass is 432 g/mol. The summed E-state index contributed by atoms with van der Waals surface area (Å²) in [6.07, 6.45) is 0. The molecule has 2 aromatic heterocycles. The quantitative estimate of drug-likeness (QED) is 0.198. The molecular formula is C24H10Cl2O4. The normalized spacial score (nSPS) is 11.9. The summed E-state index contributed by atoms with van der Waals surface area (Å²) in [5, 5.41) is 2.83. The van der Waals surface area contributed by atoms with Gasteiger partial charge in [-0.25, -0.2) is 0 Å². The minimum absolute atomic E-state index is 0.166. The van der Waals surface area contributed by atoms with Crippen molar-refractivity contribution in [2.24, 2.45) is 0 Å². The van der Waals surface area contributed by atoms with Crippen molar-refractivity contribution >= 4 is 77.9 Å². The van der Waals surface area contributed by atoms with E-state index in [1.54, 1.807) is 42.5 Å². The molecular weight excluding hydrogens is 423 g/mol. The van der Waals surface area contributed by atoms with Crippen LogP contribution in [0, 0.1) is 0 Å². The van der Waals surface area contributed by atoms with Gasteiger partial charge in [-0.2, -0.15) is 0 Å².